The molecule has 1 aliphatic rings. The van der Waals surface area contributed by atoms with Crippen LogP contribution in [0.4, 0.5) is 0 Å². The van der Waals surface area contributed by atoms with Gasteiger partial charge >= 0.3 is 0 Å². The number of hydrogen-bond acceptors (Lipinski definition) is 4. The zero-order chi connectivity index (χ0) is 44.0. The second kappa shape index (κ2) is 14.4. The predicted octanol–water partition coefficient (Wildman–Crippen LogP) is 11.9. The molecule has 5 nitrogen and oxygen atoms in total. The van der Waals surface area contributed by atoms with E-state index in [1.165, 1.54) is 12.3 Å². The number of aromatic nitrogens is 4. The van der Waals surface area contributed by atoms with Crippen LogP contribution in [0.25, 0.3) is 55.5 Å². The molecular formula is C46H50IrN4O-2. The van der Waals surface area contributed by atoms with Crippen molar-refractivity contribution in [2.24, 2.45) is 5.41 Å². The summed E-state index contributed by atoms with van der Waals surface area (Å²) in [6.07, 6.45) is 3.20. The number of rotatable bonds is 4. The van der Waals surface area contributed by atoms with Gasteiger partial charge in [-0.2, -0.15) is 0 Å². The molecule has 0 N–H and O–H groups in total. The fourth-order valence-corrected chi connectivity index (χ4v) is 6.78. The van der Waals surface area contributed by atoms with Gasteiger partial charge in [0.05, 0.1) is 11.1 Å². The molecule has 1 radical (unpaired) electrons. The van der Waals surface area contributed by atoms with Crippen LogP contribution in [0.15, 0.2) is 71.4 Å². The third-order valence-corrected chi connectivity index (χ3v) is 9.18. The summed E-state index contributed by atoms with van der Waals surface area (Å²) in [5, 5.41) is 1.86. The van der Waals surface area contributed by atoms with Gasteiger partial charge in [0.15, 0.2) is 0 Å². The molecule has 7 aromatic rings. The maximum absolute atomic E-state index is 8.84. The second-order valence-corrected chi connectivity index (χ2v) is 15.6. The van der Waals surface area contributed by atoms with E-state index in [0.717, 1.165) is 69.3 Å². The molecule has 0 bridgehead atoms. The molecule has 271 valence electrons. The van der Waals surface area contributed by atoms with E-state index in [9.17, 15) is 0 Å². The van der Waals surface area contributed by atoms with E-state index in [4.69, 9.17) is 21.7 Å². The van der Waals surface area contributed by atoms with Gasteiger partial charge in [-0.1, -0.05) is 90.9 Å². The summed E-state index contributed by atoms with van der Waals surface area (Å²) in [5.41, 5.74) is 6.98. The average Bonchev–Trinajstić information content (AvgIpc) is 3.86. The number of fused-ring (bicyclic) bond motifs is 7. The second-order valence-electron chi connectivity index (χ2n) is 15.6. The molecule has 0 aliphatic carbocycles. The van der Waals surface area contributed by atoms with Crippen molar-refractivity contribution in [1.29, 1.82) is 0 Å². The van der Waals surface area contributed by atoms with Crippen molar-refractivity contribution in [3.05, 3.63) is 113 Å². The van der Waals surface area contributed by atoms with Crippen LogP contribution in [0.3, 0.4) is 0 Å². The Hall–Kier alpha value is -4.12. The Morgan fingerprint density at radius 1 is 0.942 bits per heavy atom. The van der Waals surface area contributed by atoms with E-state index in [1.807, 2.05) is 44.3 Å². The van der Waals surface area contributed by atoms with Gasteiger partial charge in [-0.15, -0.1) is 53.6 Å². The molecule has 0 saturated carbocycles. The summed E-state index contributed by atoms with van der Waals surface area (Å²) in [6, 6.07) is 22.3. The monoisotopic (exact) mass is 876 g/mol. The van der Waals surface area contributed by atoms with Crippen LogP contribution in [-0.2, 0) is 44.9 Å². The Morgan fingerprint density at radius 2 is 1.73 bits per heavy atom. The molecule has 0 atom stereocenters. The van der Waals surface area contributed by atoms with Crippen LogP contribution in [0.5, 0.6) is 0 Å². The van der Waals surface area contributed by atoms with E-state index in [0.29, 0.717) is 22.5 Å². The van der Waals surface area contributed by atoms with Crippen molar-refractivity contribution >= 4 is 33.0 Å². The normalized spacial score (nSPS) is 16.6. The van der Waals surface area contributed by atoms with Crippen LogP contribution in [0.1, 0.15) is 114 Å². The molecule has 1 aliphatic heterocycles. The van der Waals surface area contributed by atoms with E-state index in [-0.39, 0.29) is 42.2 Å². The summed E-state index contributed by atoms with van der Waals surface area (Å²) in [7, 11) is 0. The van der Waals surface area contributed by atoms with E-state index < -0.39 is 31.4 Å². The number of pyridine rings is 2. The fourth-order valence-electron chi connectivity index (χ4n) is 6.78. The number of nitrogens with zero attached hydrogens (tertiary/aromatic N) is 4. The van der Waals surface area contributed by atoms with Crippen molar-refractivity contribution in [2.45, 2.75) is 106 Å². The quantitative estimate of drug-likeness (QED) is 0.165. The van der Waals surface area contributed by atoms with E-state index >= 15 is 0 Å². The van der Waals surface area contributed by atoms with Crippen LogP contribution >= 0.6 is 0 Å². The molecule has 52 heavy (non-hydrogen) atoms. The van der Waals surface area contributed by atoms with Crippen LogP contribution in [0.2, 0.25) is 0 Å². The Morgan fingerprint density at radius 3 is 2.42 bits per heavy atom. The molecule has 3 aromatic carbocycles. The number of benzene rings is 3. The van der Waals surface area contributed by atoms with Crippen molar-refractivity contribution < 1.29 is 36.9 Å². The molecule has 5 heterocycles. The zero-order valence-corrected chi connectivity index (χ0v) is 33.4. The minimum atomic E-state index is -2.50. The predicted molar refractivity (Wildman–Crippen MR) is 211 cm³/mol. The number of furan rings is 1. The van der Waals surface area contributed by atoms with E-state index in [2.05, 4.69) is 47.4 Å². The third kappa shape index (κ3) is 7.38. The first kappa shape index (κ1) is 27.5. The summed E-state index contributed by atoms with van der Waals surface area (Å²) >= 11 is 0. The van der Waals surface area contributed by atoms with Gasteiger partial charge in [-0.3, -0.25) is 0 Å². The van der Waals surface area contributed by atoms with Crippen LogP contribution in [0, 0.1) is 31.3 Å². The summed E-state index contributed by atoms with van der Waals surface area (Å²) < 4.78 is 81.1. The zero-order valence-electron chi connectivity index (χ0n) is 40.0. The first-order valence-corrected chi connectivity index (χ1v) is 17.5. The Kier molecular flexibility index (Phi) is 7.59. The molecule has 0 unspecified atom stereocenters. The molecular weight excluding hydrogens is 817 g/mol. The first-order valence-electron chi connectivity index (χ1n) is 22.0. The molecule has 0 fully saturated rings. The molecule has 0 amide bonds. The average molecular weight is 876 g/mol. The fraction of sp³-hybridized carbons (Fsp3) is 0.370. The van der Waals surface area contributed by atoms with Gasteiger partial charge in [0.2, 0.25) is 0 Å². The molecule has 4 aromatic heterocycles. The van der Waals surface area contributed by atoms with Gasteiger partial charge in [0.25, 0.3) is 0 Å². The minimum absolute atomic E-state index is 0. The topological polar surface area (TPSA) is 56.7 Å². The molecule has 6 heteroatoms. The first-order chi connectivity index (χ1) is 27.7. The van der Waals surface area contributed by atoms with E-state index in [1.54, 1.807) is 45.0 Å². The maximum atomic E-state index is 8.84. The Labute approximate surface area is 335 Å². The minimum Gasteiger partial charge on any atom is -0.498 e. The van der Waals surface area contributed by atoms with Gasteiger partial charge in [0.1, 0.15) is 16.9 Å². The molecule has 0 spiro atoms. The van der Waals surface area contributed by atoms with Gasteiger partial charge < -0.3 is 19.0 Å². The summed E-state index contributed by atoms with van der Waals surface area (Å²) in [6.45, 7) is 11.6. The van der Waals surface area contributed by atoms with Gasteiger partial charge in [-0.05, 0) is 76.6 Å². The smallest absolute Gasteiger partial charge is 0.146 e. The molecule has 8 rings (SSSR count). The largest absolute Gasteiger partial charge is 0.498 e. The number of hydrogen-bond donors (Lipinski definition) is 0. The number of aryl methyl sites for hydroxylation is 4. The summed E-state index contributed by atoms with van der Waals surface area (Å²) in [4.78, 5) is 13.8. The van der Waals surface area contributed by atoms with Crippen molar-refractivity contribution in [3.63, 3.8) is 0 Å². The Balaban J connectivity index is 0.000000218. The van der Waals surface area contributed by atoms with Gasteiger partial charge in [-0.25, -0.2) is 4.98 Å². The van der Waals surface area contributed by atoms with Crippen molar-refractivity contribution in [3.8, 4) is 22.5 Å². The maximum Gasteiger partial charge on any atom is 0.146 e. The van der Waals surface area contributed by atoms with Crippen molar-refractivity contribution in [1.82, 2.24) is 19.5 Å². The van der Waals surface area contributed by atoms with Crippen molar-refractivity contribution in [2.75, 3.05) is 0 Å². The van der Waals surface area contributed by atoms with Gasteiger partial charge in [0, 0.05) is 63.2 Å². The SMILES string of the molecule is [2H]C([2H])([2H])c1c[c-]c(-c2cc(C([2H])(C)C)c(C(C)(C)C)cn2)cc1.[2H]C([2H])([2H])c1cnc(-c2[c-]ccc3c2oc2c3ccc3nc4n(c32)CCC4)cc1C([2H])([2H])C(C)(C)C.[Ir]. The Bertz CT molecular complexity index is 2750. The van der Waals surface area contributed by atoms with Crippen LogP contribution in [-0.4, -0.2) is 19.5 Å². The van der Waals surface area contributed by atoms with Crippen LogP contribution < -0.4 is 0 Å². The molecule has 0 saturated heterocycles. The third-order valence-electron chi connectivity index (χ3n) is 9.18. The summed E-state index contributed by atoms with van der Waals surface area (Å²) in [5.74, 6) is 0.319. The standard InChI is InChI=1S/C27H26N3O.C19H24N.Ir/c1-16-15-28-22(13-17(16)14-27(2,3)4)20-8-5-7-18-19-10-11-21-24(26(19)31-25(18)20)30-12-6-9-23(30)29-21;1-13(2)16-11-18(15-9-7-14(3)8-10-15)20-12-17(16)19(4,5)6;/h5,7,10-11,13,15H,6,9,12,14H2,1-4H3;7-9,11-13H,1-6H3;/q2*-1;/i1D3,14D2;3D3,13D;. The number of imidazole rings is 1.